The van der Waals surface area contributed by atoms with Gasteiger partial charge in [-0.15, -0.1) is 0 Å². The van der Waals surface area contributed by atoms with Gasteiger partial charge in [0.1, 0.15) is 11.0 Å². The number of anilines is 1. The molecule has 0 aliphatic heterocycles. The molecule has 1 aromatic heterocycles. The summed E-state index contributed by atoms with van der Waals surface area (Å²) in [5.41, 5.74) is 1.48. The van der Waals surface area contributed by atoms with E-state index in [9.17, 15) is 4.39 Å². The van der Waals surface area contributed by atoms with Crippen molar-refractivity contribution in [2.24, 2.45) is 0 Å². The van der Waals surface area contributed by atoms with E-state index in [1.807, 2.05) is 30.0 Å². The molecule has 0 saturated heterocycles. The lowest BCUT2D eigenvalue weighted by molar-refractivity contribution is 0.618. The topological polar surface area (TPSA) is 16.1 Å². The van der Waals surface area contributed by atoms with Crippen LogP contribution in [0, 0.1) is 5.82 Å². The second-order valence-corrected chi connectivity index (χ2v) is 4.28. The molecule has 0 unspecified atom stereocenters. The van der Waals surface area contributed by atoms with Crippen LogP contribution in [0.3, 0.4) is 0 Å². The van der Waals surface area contributed by atoms with E-state index in [0.29, 0.717) is 23.9 Å². The summed E-state index contributed by atoms with van der Waals surface area (Å²) in [5.74, 6) is -0.223. The van der Waals surface area contributed by atoms with Crippen molar-refractivity contribution in [2.75, 3.05) is 11.4 Å². The molecular formula is C14H14ClFN2. The Balaban J connectivity index is 2.26. The van der Waals surface area contributed by atoms with Crippen molar-refractivity contribution in [2.45, 2.75) is 13.5 Å². The third-order valence-corrected chi connectivity index (χ3v) is 3.11. The molecule has 18 heavy (non-hydrogen) atoms. The summed E-state index contributed by atoms with van der Waals surface area (Å²) >= 11 is 6.02. The summed E-state index contributed by atoms with van der Waals surface area (Å²) in [6, 6.07) is 10.5. The van der Waals surface area contributed by atoms with Crippen molar-refractivity contribution in [3.63, 3.8) is 0 Å². The molecule has 0 saturated carbocycles. The summed E-state index contributed by atoms with van der Waals surface area (Å²) in [6.45, 7) is 3.23. The highest BCUT2D eigenvalue weighted by Gasteiger charge is 2.11. The zero-order valence-electron chi connectivity index (χ0n) is 10.1. The average molecular weight is 265 g/mol. The normalized spacial score (nSPS) is 10.4. The van der Waals surface area contributed by atoms with Crippen molar-refractivity contribution in [1.29, 1.82) is 0 Å². The van der Waals surface area contributed by atoms with Crippen molar-refractivity contribution < 1.29 is 4.39 Å². The summed E-state index contributed by atoms with van der Waals surface area (Å²) in [4.78, 5) is 5.96. The minimum Gasteiger partial charge on any atom is -0.365 e. The maximum Gasteiger partial charge on any atom is 0.146 e. The van der Waals surface area contributed by atoms with Crippen molar-refractivity contribution in [3.8, 4) is 0 Å². The molecule has 0 aliphatic rings. The number of aromatic nitrogens is 1. The predicted octanol–water partition coefficient (Wildman–Crippen LogP) is 3.90. The maximum absolute atomic E-state index is 13.7. The van der Waals surface area contributed by atoms with Gasteiger partial charge in [-0.25, -0.2) is 9.37 Å². The number of benzene rings is 1. The number of rotatable bonds is 4. The Morgan fingerprint density at radius 3 is 2.67 bits per heavy atom. The molecule has 0 N–H and O–H groups in total. The Labute approximate surface area is 111 Å². The first-order chi connectivity index (χ1) is 8.72. The molecule has 4 heteroatoms. The minimum absolute atomic E-state index is 0.223. The highest BCUT2D eigenvalue weighted by atomic mass is 35.5. The first-order valence-electron chi connectivity index (χ1n) is 5.81. The fraction of sp³-hybridized carbons (Fsp3) is 0.214. The number of nitrogens with zero attached hydrogens (tertiary/aromatic N) is 2. The molecule has 94 valence electrons. The van der Waals surface area contributed by atoms with Crippen LogP contribution >= 0.6 is 11.6 Å². The number of halogens is 2. The van der Waals surface area contributed by atoms with E-state index in [-0.39, 0.29) is 5.82 Å². The molecule has 0 fully saturated rings. The quantitative estimate of drug-likeness (QED) is 0.779. The van der Waals surface area contributed by atoms with Gasteiger partial charge in [0.05, 0.1) is 5.69 Å². The van der Waals surface area contributed by atoms with E-state index in [2.05, 4.69) is 4.98 Å². The second-order valence-electron chi connectivity index (χ2n) is 3.92. The lowest BCUT2D eigenvalue weighted by Crippen LogP contribution is -2.23. The van der Waals surface area contributed by atoms with E-state index >= 15 is 0 Å². The summed E-state index contributed by atoms with van der Waals surface area (Å²) in [7, 11) is 0. The zero-order chi connectivity index (χ0) is 13.0. The fourth-order valence-electron chi connectivity index (χ4n) is 1.82. The molecule has 1 aromatic carbocycles. The molecule has 2 rings (SSSR count). The summed E-state index contributed by atoms with van der Waals surface area (Å²) in [5, 5.41) is 0.465. The molecule has 2 aromatic rings. The number of pyridine rings is 1. The van der Waals surface area contributed by atoms with Crippen LogP contribution in [0.4, 0.5) is 10.1 Å². The van der Waals surface area contributed by atoms with Gasteiger partial charge < -0.3 is 4.90 Å². The smallest absolute Gasteiger partial charge is 0.146 e. The molecular weight excluding hydrogens is 251 g/mol. The maximum atomic E-state index is 13.7. The van der Waals surface area contributed by atoms with Gasteiger partial charge in [-0.05, 0) is 25.1 Å². The van der Waals surface area contributed by atoms with Crippen molar-refractivity contribution >= 4 is 17.3 Å². The number of hydrogen-bond acceptors (Lipinski definition) is 2. The van der Waals surface area contributed by atoms with Crippen molar-refractivity contribution in [1.82, 2.24) is 4.98 Å². The van der Waals surface area contributed by atoms with Crippen LogP contribution in [-0.4, -0.2) is 11.5 Å². The first-order valence-corrected chi connectivity index (χ1v) is 6.19. The van der Waals surface area contributed by atoms with Gasteiger partial charge in [0.2, 0.25) is 0 Å². The van der Waals surface area contributed by atoms with Gasteiger partial charge in [-0.2, -0.15) is 0 Å². The van der Waals surface area contributed by atoms with Crippen molar-refractivity contribution in [3.05, 3.63) is 59.1 Å². The molecule has 1 heterocycles. The fourth-order valence-corrected chi connectivity index (χ4v) is 2.00. The van der Waals surface area contributed by atoms with Crippen LogP contribution in [0.15, 0.2) is 42.6 Å². The zero-order valence-corrected chi connectivity index (χ0v) is 10.9. The van der Waals surface area contributed by atoms with Gasteiger partial charge in [0.25, 0.3) is 0 Å². The Hall–Kier alpha value is -1.61. The van der Waals surface area contributed by atoms with Gasteiger partial charge in [0.15, 0.2) is 0 Å². The Morgan fingerprint density at radius 2 is 2.00 bits per heavy atom. The van der Waals surface area contributed by atoms with E-state index in [4.69, 9.17) is 11.6 Å². The molecule has 2 nitrogen and oxygen atoms in total. The SMILES string of the molecule is CCN(Cc1cccnc1Cl)c1ccccc1F. The van der Waals surface area contributed by atoms with E-state index in [1.165, 1.54) is 6.07 Å². The largest absolute Gasteiger partial charge is 0.365 e. The van der Waals surface area contributed by atoms with Gasteiger partial charge in [-0.1, -0.05) is 29.8 Å². The second kappa shape index (κ2) is 5.83. The highest BCUT2D eigenvalue weighted by Crippen LogP contribution is 2.22. The number of para-hydroxylation sites is 1. The molecule has 0 spiro atoms. The van der Waals surface area contributed by atoms with Gasteiger partial charge in [0, 0.05) is 24.8 Å². The minimum atomic E-state index is -0.223. The van der Waals surface area contributed by atoms with Crippen LogP contribution in [0.25, 0.3) is 0 Å². The molecule has 0 bridgehead atoms. The Bertz CT molecular complexity index is 531. The third-order valence-electron chi connectivity index (χ3n) is 2.77. The van der Waals surface area contributed by atoms with Crippen LogP contribution < -0.4 is 4.90 Å². The lowest BCUT2D eigenvalue weighted by atomic mass is 10.2. The van der Waals surface area contributed by atoms with Gasteiger partial charge >= 0.3 is 0 Å². The average Bonchev–Trinajstić information content (AvgIpc) is 2.39. The van der Waals surface area contributed by atoms with Crippen LogP contribution in [-0.2, 0) is 6.54 Å². The van der Waals surface area contributed by atoms with Crippen LogP contribution in [0.2, 0.25) is 5.15 Å². The van der Waals surface area contributed by atoms with E-state index in [1.54, 1.807) is 18.3 Å². The first kappa shape index (κ1) is 12.8. The summed E-state index contributed by atoms with van der Waals surface area (Å²) in [6.07, 6.45) is 1.64. The standard InChI is InChI=1S/C14H14ClFN2/c1-2-18(13-8-4-3-7-12(13)16)10-11-6-5-9-17-14(11)15/h3-9H,2,10H2,1H3. The van der Waals surface area contributed by atoms with Crippen LogP contribution in [0.1, 0.15) is 12.5 Å². The van der Waals surface area contributed by atoms with Gasteiger partial charge in [-0.3, -0.25) is 0 Å². The lowest BCUT2D eigenvalue weighted by Gasteiger charge is -2.23. The van der Waals surface area contributed by atoms with E-state index in [0.717, 1.165) is 5.56 Å². The Morgan fingerprint density at radius 1 is 1.22 bits per heavy atom. The highest BCUT2D eigenvalue weighted by molar-refractivity contribution is 6.30. The van der Waals surface area contributed by atoms with E-state index < -0.39 is 0 Å². The molecule has 0 aliphatic carbocycles. The molecule has 0 atom stereocenters. The number of hydrogen-bond donors (Lipinski definition) is 0. The molecule has 0 amide bonds. The van der Waals surface area contributed by atoms with Crippen LogP contribution in [0.5, 0.6) is 0 Å². The Kier molecular flexibility index (Phi) is 4.15. The molecule has 0 radical (unpaired) electrons. The monoisotopic (exact) mass is 264 g/mol. The third kappa shape index (κ3) is 2.79. The predicted molar refractivity (Wildman–Crippen MR) is 72.4 cm³/mol. The summed E-state index contributed by atoms with van der Waals surface area (Å²) < 4.78 is 13.7.